The Morgan fingerprint density at radius 3 is 2.48 bits per heavy atom. The largest absolute Gasteiger partial charge is 0.331 e. The summed E-state index contributed by atoms with van der Waals surface area (Å²) in [5.74, 6) is -1.64. The van der Waals surface area contributed by atoms with Crippen LogP contribution in [-0.2, 0) is 9.59 Å². The van der Waals surface area contributed by atoms with Gasteiger partial charge in [-0.25, -0.2) is 4.79 Å². The summed E-state index contributed by atoms with van der Waals surface area (Å²) in [6.45, 7) is 2.03. The average molecular weight is 307 g/mol. The van der Waals surface area contributed by atoms with Crippen LogP contribution in [0, 0.1) is 5.92 Å². The number of nitrogens with one attached hydrogen (secondary N) is 1. The van der Waals surface area contributed by atoms with Gasteiger partial charge in [-0.15, -0.1) is 0 Å². The molecule has 0 spiro atoms. The van der Waals surface area contributed by atoms with Crippen molar-refractivity contribution in [1.29, 1.82) is 0 Å². The molecule has 3 rings (SSSR count). The van der Waals surface area contributed by atoms with Crippen molar-refractivity contribution in [2.45, 2.75) is 31.7 Å². The number of amides is 4. The maximum Gasteiger partial charge on any atom is 0.331 e. The van der Waals surface area contributed by atoms with Gasteiger partial charge < -0.3 is 0 Å². The molecule has 110 valence electrons. The quantitative estimate of drug-likeness (QED) is 0.871. The number of urea groups is 1. The Labute approximate surface area is 127 Å². The van der Waals surface area contributed by atoms with Gasteiger partial charge >= 0.3 is 6.03 Å². The van der Waals surface area contributed by atoms with Gasteiger partial charge in [0.15, 0.2) is 0 Å². The van der Waals surface area contributed by atoms with Crippen LogP contribution in [0.15, 0.2) is 24.3 Å². The number of carbonyl (C=O) groups is 3. The lowest BCUT2D eigenvalue weighted by Gasteiger charge is -2.30. The normalized spacial score (nSPS) is 28.6. The first-order valence-corrected chi connectivity index (χ1v) is 7.34. The number of carbonyl (C=O) groups excluding carboxylic acids is 3. The van der Waals surface area contributed by atoms with E-state index in [9.17, 15) is 14.4 Å². The molecule has 3 atom stereocenters. The fourth-order valence-electron chi connectivity index (χ4n) is 2.84. The topological polar surface area (TPSA) is 66.5 Å². The molecule has 6 heteroatoms. The first kappa shape index (κ1) is 14.1. The summed E-state index contributed by atoms with van der Waals surface area (Å²) in [6, 6.07) is 5.86. The van der Waals surface area contributed by atoms with Crippen molar-refractivity contribution in [2.24, 2.45) is 5.92 Å². The van der Waals surface area contributed by atoms with Crippen LogP contribution in [0.5, 0.6) is 0 Å². The second kappa shape index (κ2) is 5.15. The maximum absolute atomic E-state index is 12.6. The van der Waals surface area contributed by atoms with Gasteiger partial charge in [0, 0.05) is 11.1 Å². The van der Waals surface area contributed by atoms with Crippen LogP contribution in [0.4, 0.5) is 4.79 Å². The molecule has 1 aromatic carbocycles. The van der Waals surface area contributed by atoms with E-state index in [-0.39, 0.29) is 6.04 Å². The van der Waals surface area contributed by atoms with Crippen molar-refractivity contribution in [3.63, 3.8) is 0 Å². The molecule has 1 aliphatic carbocycles. The van der Waals surface area contributed by atoms with E-state index in [0.29, 0.717) is 16.5 Å². The van der Waals surface area contributed by atoms with Gasteiger partial charge in [0.2, 0.25) is 11.8 Å². The summed E-state index contributed by atoms with van der Waals surface area (Å²) in [5, 5.41) is 2.81. The summed E-state index contributed by atoms with van der Waals surface area (Å²) in [6.07, 6.45) is 1.73. The number of hydrogen-bond donors (Lipinski definition) is 1. The molecule has 0 radical (unpaired) electrons. The molecule has 1 saturated carbocycles. The minimum absolute atomic E-state index is 0.0783. The van der Waals surface area contributed by atoms with Crippen molar-refractivity contribution in [3.05, 3.63) is 34.9 Å². The molecule has 0 aromatic heterocycles. The molecule has 2 fully saturated rings. The summed E-state index contributed by atoms with van der Waals surface area (Å²) < 4.78 is 0. The molecule has 1 aromatic rings. The van der Waals surface area contributed by atoms with Gasteiger partial charge in [-0.1, -0.05) is 37.1 Å². The minimum Gasteiger partial charge on any atom is -0.277 e. The number of rotatable bonds is 3. The molecular weight excluding hydrogens is 292 g/mol. The van der Waals surface area contributed by atoms with E-state index in [1.54, 1.807) is 24.3 Å². The average Bonchev–Trinajstić information content (AvgIpc) is 3.19. The highest BCUT2D eigenvalue weighted by Gasteiger charge is 2.51. The van der Waals surface area contributed by atoms with Crippen LogP contribution in [-0.4, -0.2) is 28.8 Å². The molecule has 21 heavy (non-hydrogen) atoms. The van der Waals surface area contributed by atoms with Crippen LogP contribution in [0.25, 0.3) is 0 Å². The first-order valence-electron chi connectivity index (χ1n) is 6.96. The van der Waals surface area contributed by atoms with Gasteiger partial charge in [0.25, 0.3) is 0 Å². The Morgan fingerprint density at radius 2 is 1.90 bits per heavy atom. The van der Waals surface area contributed by atoms with Crippen molar-refractivity contribution < 1.29 is 14.4 Å². The van der Waals surface area contributed by atoms with E-state index in [0.717, 1.165) is 12.8 Å². The van der Waals surface area contributed by atoms with Crippen LogP contribution in [0.3, 0.4) is 0 Å². The summed E-state index contributed by atoms with van der Waals surface area (Å²) >= 11 is 5.82. The summed E-state index contributed by atoms with van der Waals surface area (Å²) in [5.41, 5.74) is 0.549. The Hall–Kier alpha value is -1.88. The molecular formula is C15H15ClN2O3. The molecule has 2 aliphatic rings. The van der Waals surface area contributed by atoms with Crippen molar-refractivity contribution in [3.8, 4) is 0 Å². The van der Waals surface area contributed by atoms with Gasteiger partial charge in [-0.2, -0.15) is 0 Å². The van der Waals surface area contributed by atoms with Gasteiger partial charge in [-0.3, -0.25) is 19.8 Å². The molecule has 3 unspecified atom stereocenters. The maximum atomic E-state index is 12.6. The minimum atomic E-state index is -0.974. The summed E-state index contributed by atoms with van der Waals surface area (Å²) in [4.78, 5) is 37.8. The Morgan fingerprint density at radius 1 is 1.24 bits per heavy atom. The predicted octanol–water partition coefficient (Wildman–Crippen LogP) is 2.30. The van der Waals surface area contributed by atoms with Crippen LogP contribution in [0.2, 0.25) is 5.02 Å². The van der Waals surface area contributed by atoms with Crippen LogP contribution in [0.1, 0.15) is 31.2 Å². The SMILES string of the molecule is CCC1CC1N1C(=O)NC(=O)C(c2ccc(Cl)cc2)C1=O. The number of halogens is 1. The Balaban J connectivity index is 1.89. The van der Waals surface area contributed by atoms with Gasteiger partial charge in [0.1, 0.15) is 5.92 Å². The molecule has 1 heterocycles. The number of hydrogen-bond acceptors (Lipinski definition) is 3. The number of barbiturate groups is 1. The van der Waals surface area contributed by atoms with E-state index in [1.807, 2.05) is 6.92 Å². The molecule has 0 bridgehead atoms. The van der Waals surface area contributed by atoms with Crippen molar-refractivity contribution >= 4 is 29.4 Å². The highest BCUT2D eigenvalue weighted by atomic mass is 35.5. The molecule has 5 nitrogen and oxygen atoms in total. The zero-order valence-corrected chi connectivity index (χ0v) is 12.3. The lowest BCUT2D eigenvalue weighted by atomic mass is 9.95. The molecule has 1 saturated heterocycles. The van der Waals surface area contributed by atoms with Gasteiger partial charge in [-0.05, 0) is 30.0 Å². The lowest BCUT2D eigenvalue weighted by Crippen LogP contribution is -2.57. The zero-order chi connectivity index (χ0) is 15.1. The smallest absolute Gasteiger partial charge is 0.277 e. The van der Waals surface area contributed by atoms with E-state index in [1.165, 1.54) is 4.90 Å². The van der Waals surface area contributed by atoms with Crippen molar-refractivity contribution in [1.82, 2.24) is 10.2 Å². The zero-order valence-electron chi connectivity index (χ0n) is 11.5. The predicted molar refractivity (Wildman–Crippen MR) is 76.8 cm³/mol. The Bertz CT molecular complexity index is 614. The highest BCUT2D eigenvalue weighted by molar-refractivity contribution is 6.30. The first-order chi connectivity index (χ1) is 10.0. The van der Waals surface area contributed by atoms with E-state index in [4.69, 9.17) is 11.6 Å². The van der Waals surface area contributed by atoms with E-state index in [2.05, 4.69) is 5.32 Å². The Kier molecular flexibility index (Phi) is 3.45. The number of imide groups is 2. The molecule has 1 N–H and O–H groups in total. The monoisotopic (exact) mass is 306 g/mol. The van der Waals surface area contributed by atoms with E-state index >= 15 is 0 Å². The fourth-order valence-corrected chi connectivity index (χ4v) is 2.96. The van der Waals surface area contributed by atoms with Gasteiger partial charge in [0.05, 0.1) is 0 Å². The van der Waals surface area contributed by atoms with Crippen LogP contribution < -0.4 is 5.32 Å². The van der Waals surface area contributed by atoms with Crippen molar-refractivity contribution in [2.75, 3.05) is 0 Å². The molecule has 1 aliphatic heterocycles. The number of nitrogens with zero attached hydrogens (tertiary/aromatic N) is 1. The second-order valence-electron chi connectivity index (χ2n) is 5.46. The molecule has 4 amide bonds. The van der Waals surface area contributed by atoms with E-state index < -0.39 is 23.8 Å². The lowest BCUT2D eigenvalue weighted by molar-refractivity contribution is -0.139. The highest BCUT2D eigenvalue weighted by Crippen LogP contribution is 2.40. The summed E-state index contributed by atoms with van der Waals surface area (Å²) in [7, 11) is 0. The second-order valence-corrected chi connectivity index (χ2v) is 5.90. The fraction of sp³-hybridized carbons (Fsp3) is 0.400. The standard InChI is InChI=1S/C15H15ClN2O3/c1-2-8-7-11(8)18-14(20)12(13(19)17-15(18)21)9-3-5-10(16)6-4-9/h3-6,8,11-12H,2,7H2,1H3,(H,17,19,21). The van der Waals surface area contributed by atoms with Crippen LogP contribution >= 0.6 is 11.6 Å². The third-order valence-corrected chi connectivity index (χ3v) is 4.39. The third-order valence-electron chi connectivity index (χ3n) is 4.14. The number of benzene rings is 1. The third kappa shape index (κ3) is 2.42.